The summed E-state index contributed by atoms with van der Waals surface area (Å²) in [6.45, 7) is 7.66. The number of hydrogen-bond donors (Lipinski definition) is 2. The van der Waals surface area contributed by atoms with E-state index in [1.54, 1.807) is 0 Å². The third-order valence-corrected chi connectivity index (χ3v) is 9.11. The molecular formula is C36H72N2O2. The first kappa shape index (κ1) is 37.4. The molecule has 40 heavy (non-hydrogen) atoms. The molecule has 0 aromatic rings. The third kappa shape index (κ3) is 23.0. The molecule has 0 unspecified atom stereocenters. The average Bonchev–Trinajstić information content (AvgIpc) is 2.96. The Morgan fingerprint density at radius 1 is 0.575 bits per heavy atom. The Kier molecular flexibility index (Phi) is 26.7. The number of nitrogens with one attached hydrogen (secondary N) is 1. The average molecular weight is 565 g/mol. The normalized spacial score (nSPS) is 17.4. The lowest BCUT2D eigenvalue weighted by molar-refractivity contribution is -0.131. The molecule has 1 rings (SSSR count). The molecule has 0 aromatic carbocycles. The Hall–Kier alpha value is -0.610. The van der Waals surface area contributed by atoms with Gasteiger partial charge in [-0.05, 0) is 57.9 Å². The molecule has 2 N–H and O–H groups in total. The maximum Gasteiger partial charge on any atom is 0.222 e. The maximum absolute atomic E-state index is 13.1. The van der Waals surface area contributed by atoms with Gasteiger partial charge in [-0.1, -0.05) is 136 Å². The Morgan fingerprint density at radius 2 is 0.975 bits per heavy atom. The molecule has 4 heteroatoms. The second kappa shape index (κ2) is 28.5. The van der Waals surface area contributed by atoms with E-state index in [9.17, 15) is 9.90 Å². The van der Waals surface area contributed by atoms with E-state index in [0.717, 1.165) is 58.2 Å². The largest absolute Gasteiger partial charge is 0.393 e. The van der Waals surface area contributed by atoms with Gasteiger partial charge in [0.2, 0.25) is 5.91 Å². The highest BCUT2D eigenvalue weighted by Gasteiger charge is 2.18. The lowest BCUT2D eigenvalue weighted by Gasteiger charge is -2.26. The molecule has 0 aromatic heterocycles. The predicted molar refractivity (Wildman–Crippen MR) is 175 cm³/mol. The molecule has 0 heterocycles. The number of nitrogens with zero attached hydrogens (tertiary/aromatic N) is 1. The Labute approximate surface area is 251 Å². The van der Waals surface area contributed by atoms with Gasteiger partial charge < -0.3 is 15.3 Å². The summed E-state index contributed by atoms with van der Waals surface area (Å²) in [7, 11) is 0. The van der Waals surface area contributed by atoms with E-state index in [1.165, 1.54) is 141 Å². The van der Waals surface area contributed by atoms with Crippen LogP contribution in [0, 0.1) is 0 Å². The first-order valence-electron chi connectivity index (χ1n) is 18.4. The molecule has 1 fully saturated rings. The molecule has 0 spiro atoms. The summed E-state index contributed by atoms with van der Waals surface area (Å²) >= 11 is 0. The first-order chi connectivity index (χ1) is 19.7. The predicted octanol–water partition coefficient (Wildman–Crippen LogP) is 10.1. The number of aliphatic hydroxyl groups is 1. The zero-order valence-corrected chi connectivity index (χ0v) is 27.4. The molecule has 4 nitrogen and oxygen atoms in total. The molecule has 1 amide bonds. The van der Waals surface area contributed by atoms with Crippen molar-refractivity contribution in [1.82, 2.24) is 10.2 Å². The van der Waals surface area contributed by atoms with Crippen LogP contribution < -0.4 is 5.32 Å². The summed E-state index contributed by atoms with van der Waals surface area (Å²) in [6.07, 6.45) is 35.0. The van der Waals surface area contributed by atoms with Gasteiger partial charge in [-0.25, -0.2) is 0 Å². The van der Waals surface area contributed by atoms with E-state index >= 15 is 0 Å². The molecule has 0 saturated heterocycles. The first-order valence-corrected chi connectivity index (χ1v) is 18.4. The van der Waals surface area contributed by atoms with Crippen molar-refractivity contribution >= 4 is 5.91 Å². The molecule has 1 aliphatic carbocycles. The highest BCUT2D eigenvalue weighted by molar-refractivity contribution is 5.76. The lowest BCUT2D eigenvalue weighted by atomic mass is 9.93. The topological polar surface area (TPSA) is 52.6 Å². The van der Waals surface area contributed by atoms with Crippen molar-refractivity contribution in [1.29, 1.82) is 0 Å². The van der Waals surface area contributed by atoms with Gasteiger partial charge in [-0.15, -0.1) is 0 Å². The van der Waals surface area contributed by atoms with Crippen LogP contribution in [0.3, 0.4) is 0 Å². The van der Waals surface area contributed by atoms with Gasteiger partial charge in [0.15, 0.2) is 0 Å². The maximum atomic E-state index is 13.1. The summed E-state index contributed by atoms with van der Waals surface area (Å²) in [6, 6.07) is 0.631. The lowest BCUT2D eigenvalue weighted by Crippen LogP contribution is -2.35. The highest BCUT2D eigenvalue weighted by Crippen LogP contribution is 2.18. The van der Waals surface area contributed by atoms with Crippen LogP contribution in [0.1, 0.15) is 194 Å². The molecule has 0 aliphatic heterocycles. The van der Waals surface area contributed by atoms with Crippen LogP contribution in [-0.4, -0.2) is 47.7 Å². The van der Waals surface area contributed by atoms with Crippen LogP contribution >= 0.6 is 0 Å². The van der Waals surface area contributed by atoms with Crippen molar-refractivity contribution in [3.05, 3.63) is 0 Å². The van der Waals surface area contributed by atoms with Gasteiger partial charge in [0.1, 0.15) is 0 Å². The summed E-state index contributed by atoms with van der Waals surface area (Å²) in [5.41, 5.74) is 0. The second-order valence-electron chi connectivity index (χ2n) is 13.0. The standard InChI is InChI=1S/C36H72N2O2/c1-3-5-7-9-11-16-20-24-32-38(33-25-21-17-12-10-8-6-4-2)36(40)26-22-18-14-13-15-19-23-31-37-34-27-29-35(39)30-28-34/h34-35,37,39H,3-33H2,1-2H3. The van der Waals surface area contributed by atoms with Gasteiger partial charge >= 0.3 is 0 Å². The van der Waals surface area contributed by atoms with Crippen LogP contribution in [0.5, 0.6) is 0 Å². The zero-order chi connectivity index (χ0) is 28.9. The molecule has 1 saturated carbocycles. The summed E-state index contributed by atoms with van der Waals surface area (Å²) < 4.78 is 0. The smallest absolute Gasteiger partial charge is 0.222 e. The van der Waals surface area contributed by atoms with Gasteiger partial charge in [-0.2, -0.15) is 0 Å². The Balaban J connectivity index is 2.11. The fraction of sp³-hybridized carbons (Fsp3) is 0.972. The Bertz CT molecular complexity index is 513. The molecule has 238 valence electrons. The number of aliphatic hydroxyl groups excluding tert-OH is 1. The van der Waals surface area contributed by atoms with Gasteiger partial charge in [0, 0.05) is 25.6 Å². The third-order valence-electron chi connectivity index (χ3n) is 9.11. The molecule has 0 atom stereocenters. The van der Waals surface area contributed by atoms with Crippen molar-refractivity contribution in [3.8, 4) is 0 Å². The van der Waals surface area contributed by atoms with E-state index in [1.807, 2.05) is 0 Å². The number of amides is 1. The number of rotatable bonds is 29. The van der Waals surface area contributed by atoms with Crippen LogP contribution in [0.25, 0.3) is 0 Å². The minimum absolute atomic E-state index is 0.0544. The number of hydrogen-bond acceptors (Lipinski definition) is 3. The quantitative estimate of drug-likeness (QED) is 0.0889. The molecule has 0 radical (unpaired) electrons. The fourth-order valence-corrected chi connectivity index (χ4v) is 6.26. The van der Waals surface area contributed by atoms with Crippen molar-refractivity contribution in [3.63, 3.8) is 0 Å². The van der Waals surface area contributed by atoms with Gasteiger partial charge in [0.05, 0.1) is 6.10 Å². The van der Waals surface area contributed by atoms with Crippen LogP contribution in [0.15, 0.2) is 0 Å². The minimum Gasteiger partial charge on any atom is -0.393 e. The molecule has 0 bridgehead atoms. The number of carbonyl (C=O) groups excluding carboxylic acids is 1. The zero-order valence-electron chi connectivity index (χ0n) is 27.4. The van der Waals surface area contributed by atoms with Crippen molar-refractivity contribution in [2.75, 3.05) is 19.6 Å². The highest BCUT2D eigenvalue weighted by atomic mass is 16.3. The SMILES string of the molecule is CCCCCCCCCCN(CCCCCCCCCC)C(=O)CCCCCCCCCNC1CCC(O)CC1. The van der Waals surface area contributed by atoms with E-state index in [-0.39, 0.29) is 6.10 Å². The summed E-state index contributed by atoms with van der Waals surface area (Å²) in [4.78, 5) is 15.3. The van der Waals surface area contributed by atoms with Gasteiger partial charge in [-0.3, -0.25) is 4.79 Å². The van der Waals surface area contributed by atoms with Crippen molar-refractivity contribution in [2.24, 2.45) is 0 Å². The molecule has 1 aliphatic rings. The van der Waals surface area contributed by atoms with Gasteiger partial charge in [0.25, 0.3) is 0 Å². The minimum atomic E-state index is -0.0544. The van der Waals surface area contributed by atoms with E-state index < -0.39 is 0 Å². The number of carbonyl (C=O) groups is 1. The number of unbranched alkanes of at least 4 members (excludes halogenated alkanes) is 20. The van der Waals surface area contributed by atoms with E-state index in [0.29, 0.717) is 11.9 Å². The van der Waals surface area contributed by atoms with E-state index in [2.05, 4.69) is 24.1 Å². The molecular weight excluding hydrogens is 492 g/mol. The van der Waals surface area contributed by atoms with E-state index in [4.69, 9.17) is 0 Å². The van der Waals surface area contributed by atoms with Crippen LogP contribution in [-0.2, 0) is 4.79 Å². The second-order valence-corrected chi connectivity index (χ2v) is 13.0. The Morgan fingerprint density at radius 3 is 1.45 bits per heavy atom. The van der Waals surface area contributed by atoms with Crippen molar-refractivity contribution < 1.29 is 9.90 Å². The van der Waals surface area contributed by atoms with Crippen LogP contribution in [0.4, 0.5) is 0 Å². The monoisotopic (exact) mass is 565 g/mol. The summed E-state index contributed by atoms with van der Waals surface area (Å²) in [5, 5.41) is 13.3. The van der Waals surface area contributed by atoms with Crippen LogP contribution in [0.2, 0.25) is 0 Å². The van der Waals surface area contributed by atoms with Crippen molar-refractivity contribution in [2.45, 2.75) is 206 Å². The summed E-state index contributed by atoms with van der Waals surface area (Å²) in [5.74, 6) is 0.423. The fourth-order valence-electron chi connectivity index (χ4n) is 6.26.